The summed E-state index contributed by atoms with van der Waals surface area (Å²) < 4.78 is 25.8. The van der Waals surface area contributed by atoms with Crippen molar-refractivity contribution in [2.24, 2.45) is 0 Å². The molecular weight excluding hydrogens is 523 g/mol. The number of nitrogens with one attached hydrogen (secondary N) is 1. The van der Waals surface area contributed by atoms with Gasteiger partial charge in [-0.3, -0.25) is 14.5 Å². The number of carbonyl (C=O) groups excluding carboxylic acids is 2. The molecule has 0 saturated carbocycles. The fourth-order valence-electron chi connectivity index (χ4n) is 3.37. The highest BCUT2D eigenvalue weighted by Crippen LogP contribution is 2.38. The first-order chi connectivity index (χ1) is 17.4. The van der Waals surface area contributed by atoms with Crippen LogP contribution in [0.3, 0.4) is 0 Å². The van der Waals surface area contributed by atoms with Crippen LogP contribution in [0.5, 0.6) is 11.5 Å². The highest BCUT2D eigenvalue weighted by molar-refractivity contribution is 8.27. The minimum Gasteiger partial charge on any atom is -0.490 e. The number of ether oxygens (including phenoxy) is 2. The van der Waals surface area contributed by atoms with E-state index < -0.39 is 11.7 Å². The first-order valence-corrected chi connectivity index (χ1v) is 12.4. The lowest BCUT2D eigenvalue weighted by molar-refractivity contribution is -0.118. The maximum Gasteiger partial charge on any atom is 0.270 e. The summed E-state index contributed by atoms with van der Waals surface area (Å²) in [6, 6.07) is 17.8. The normalized spacial score (nSPS) is 14.3. The maximum atomic E-state index is 14.2. The largest absolute Gasteiger partial charge is 0.490 e. The van der Waals surface area contributed by atoms with Crippen LogP contribution < -0.4 is 19.7 Å². The average Bonchev–Trinajstić information content (AvgIpc) is 3.11. The zero-order valence-corrected chi connectivity index (χ0v) is 21.4. The molecule has 1 saturated heterocycles. The first kappa shape index (κ1) is 25.7. The lowest BCUT2D eigenvalue weighted by Gasteiger charge is -2.15. The molecule has 3 aromatic carbocycles. The summed E-state index contributed by atoms with van der Waals surface area (Å²) >= 11 is 12.4. The molecule has 1 aliphatic heterocycles. The van der Waals surface area contributed by atoms with E-state index >= 15 is 0 Å². The summed E-state index contributed by atoms with van der Waals surface area (Å²) in [5.74, 6) is -0.526. The number of rotatable bonds is 8. The first-order valence-electron chi connectivity index (χ1n) is 10.8. The third-order valence-electron chi connectivity index (χ3n) is 4.92. The molecule has 0 unspecified atom stereocenters. The van der Waals surface area contributed by atoms with Gasteiger partial charge in [-0.2, -0.15) is 0 Å². The number of hydrogen-bond acceptors (Lipinski definition) is 6. The van der Waals surface area contributed by atoms with E-state index in [2.05, 4.69) is 5.32 Å². The van der Waals surface area contributed by atoms with E-state index in [4.69, 9.17) is 33.3 Å². The van der Waals surface area contributed by atoms with E-state index in [0.29, 0.717) is 39.3 Å². The lowest BCUT2D eigenvalue weighted by atomic mass is 10.1. The second-order valence-electron chi connectivity index (χ2n) is 7.45. The standard InChI is InChI=1S/C26H20ClFN2O4S2/c1-2-33-22-12-16(10-11-21(22)34-15-24(31)29-18-7-5-6-17(27)14-18)13-23-25(32)30(26(35)36-23)20-9-4-3-8-19(20)28/h3-14H,2,15H2,1H3,(H,29,31)/b23-13-. The van der Waals surface area contributed by atoms with Gasteiger partial charge in [0.15, 0.2) is 22.4 Å². The van der Waals surface area contributed by atoms with Gasteiger partial charge in [0.1, 0.15) is 5.82 Å². The number of para-hydroxylation sites is 1. The molecule has 184 valence electrons. The van der Waals surface area contributed by atoms with E-state index in [1.807, 2.05) is 6.92 Å². The molecular formula is C26H20ClFN2O4S2. The number of thiocarbonyl (C=S) groups is 1. The van der Waals surface area contributed by atoms with Crippen molar-refractivity contribution in [2.75, 3.05) is 23.4 Å². The summed E-state index contributed by atoms with van der Waals surface area (Å²) in [5, 5.41) is 3.22. The van der Waals surface area contributed by atoms with Crippen LogP contribution >= 0.6 is 35.6 Å². The van der Waals surface area contributed by atoms with Crippen molar-refractivity contribution in [3.05, 3.63) is 88.0 Å². The van der Waals surface area contributed by atoms with Crippen molar-refractivity contribution in [3.8, 4) is 11.5 Å². The number of halogens is 2. The fraction of sp³-hybridized carbons (Fsp3) is 0.115. The van der Waals surface area contributed by atoms with E-state index in [1.54, 1.807) is 60.7 Å². The quantitative estimate of drug-likeness (QED) is 0.266. The van der Waals surface area contributed by atoms with Gasteiger partial charge in [-0.05, 0) is 61.0 Å². The van der Waals surface area contributed by atoms with Crippen molar-refractivity contribution < 1.29 is 23.5 Å². The predicted molar refractivity (Wildman–Crippen MR) is 145 cm³/mol. The number of anilines is 2. The lowest BCUT2D eigenvalue weighted by Crippen LogP contribution is -2.28. The highest BCUT2D eigenvalue weighted by atomic mass is 35.5. The van der Waals surface area contributed by atoms with E-state index in [1.165, 1.54) is 17.0 Å². The molecule has 0 aromatic heterocycles. The molecule has 0 bridgehead atoms. The minimum absolute atomic E-state index is 0.109. The van der Waals surface area contributed by atoms with Crippen LogP contribution in [0.2, 0.25) is 5.02 Å². The Balaban J connectivity index is 1.48. The van der Waals surface area contributed by atoms with Gasteiger partial charge in [-0.25, -0.2) is 4.39 Å². The van der Waals surface area contributed by atoms with Gasteiger partial charge >= 0.3 is 0 Å². The number of nitrogens with zero attached hydrogens (tertiary/aromatic N) is 1. The third-order valence-corrected chi connectivity index (χ3v) is 6.46. The Morgan fingerprint density at radius 1 is 1.11 bits per heavy atom. The van der Waals surface area contributed by atoms with Gasteiger partial charge < -0.3 is 14.8 Å². The number of hydrogen-bond donors (Lipinski definition) is 1. The number of carbonyl (C=O) groups is 2. The molecule has 3 aromatic rings. The van der Waals surface area contributed by atoms with Gasteiger partial charge in [-0.15, -0.1) is 0 Å². The van der Waals surface area contributed by atoms with Crippen molar-refractivity contribution in [2.45, 2.75) is 6.92 Å². The highest BCUT2D eigenvalue weighted by Gasteiger charge is 2.34. The molecule has 10 heteroatoms. The summed E-state index contributed by atoms with van der Waals surface area (Å²) in [4.78, 5) is 26.8. The van der Waals surface area contributed by atoms with E-state index in [9.17, 15) is 14.0 Å². The van der Waals surface area contributed by atoms with Crippen LogP contribution in [0.25, 0.3) is 6.08 Å². The Labute approximate surface area is 222 Å². The monoisotopic (exact) mass is 542 g/mol. The molecule has 1 heterocycles. The SMILES string of the molecule is CCOc1cc(/C=C2\SC(=S)N(c3ccccc3F)C2=O)ccc1OCC(=O)Nc1cccc(Cl)c1. The Hall–Kier alpha value is -3.40. The van der Waals surface area contributed by atoms with E-state index in [0.717, 1.165) is 11.8 Å². The summed E-state index contributed by atoms with van der Waals surface area (Å²) in [7, 11) is 0. The van der Waals surface area contributed by atoms with Crippen molar-refractivity contribution >= 4 is 69.2 Å². The second-order valence-corrected chi connectivity index (χ2v) is 9.57. The van der Waals surface area contributed by atoms with Crippen molar-refractivity contribution in [3.63, 3.8) is 0 Å². The van der Waals surface area contributed by atoms with Crippen LogP contribution in [-0.4, -0.2) is 29.3 Å². The van der Waals surface area contributed by atoms with Gasteiger partial charge in [0.25, 0.3) is 11.8 Å². The van der Waals surface area contributed by atoms with Crippen molar-refractivity contribution in [1.29, 1.82) is 0 Å². The third kappa shape index (κ3) is 6.04. The van der Waals surface area contributed by atoms with Gasteiger partial charge in [0.05, 0.1) is 17.2 Å². The molecule has 1 N–H and O–H groups in total. The molecule has 0 spiro atoms. The van der Waals surface area contributed by atoms with Crippen molar-refractivity contribution in [1.82, 2.24) is 0 Å². The average molecular weight is 543 g/mol. The Morgan fingerprint density at radius 2 is 1.92 bits per heavy atom. The summed E-state index contributed by atoms with van der Waals surface area (Å²) in [5.41, 5.74) is 1.32. The Morgan fingerprint density at radius 3 is 2.67 bits per heavy atom. The maximum absolute atomic E-state index is 14.2. The number of thioether (sulfide) groups is 1. The topological polar surface area (TPSA) is 67.9 Å². The zero-order valence-electron chi connectivity index (χ0n) is 19.0. The van der Waals surface area contributed by atoms with Crippen LogP contribution in [0.1, 0.15) is 12.5 Å². The molecule has 1 aliphatic rings. The summed E-state index contributed by atoms with van der Waals surface area (Å²) in [6.45, 7) is 1.94. The molecule has 0 radical (unpaired) electrons. The smallest absolute Gasteiger partial charge is 0.270 e. The Bertz CT molecular complexity index is 1370. The summed E-state index contributed by atoms with van der Waals surface area (Å²) in [6.07, 6.45) is 1.65. The van der Waals surface area contributed by atoms with Gasteiger partial charge in [0.2, 0.25) is 0 Å². The number of benzene rings is 3. The van der Waals surface area contributed by atoms with Crippen LogP contribution in [0.4, 0.5) is 15.8 Å². The van der Waals surface area contributed by atoms with Crippen LogP contribution in [-0.2, 0) is 9.59 Å². The molecule has 36 heavy (non-hydrogen) atoms. The predicted octanol–water partition coefficient (Wildman–Crippen LogP) is 6.30. The van der Waals surface area contributed by atoms with Crippen LogP contribution in [0, 0.1) is 5.82 Å². The van der Waals surface area contributed by atoms with Gasteiger partial charge in [0, 0.05) is 10.7 Å². The van der Waals surface area contributed by atoms with Crippen LogP contribution in [0.15, 0.2) is 71.6 Å². The molecule has 4 rings (SSSR count). The fourth-order valence-corrected chi connectivity index (χ4v) is 4.84. The molecule has 0 aliphatic carbocycles. The number of amides is 2. The molecule has 0 atom stereocenters. The van der Waals surface area contributed by atoms with Gasteiger partial charge in [-0.1, -0.05) is 59.8 Å². The zero-order chi connectivity index (χ0) is 25.7. The molecule has 2 amide bonds. The molecule has 1 fully saturated rings. The second kappa shape index (κ2) is 11.6. The Kier molecular flexibility index (Phi) is 8.25. The molecule has 6 nitrogen and oxygen atoms in total. The van der Waals surface area contributed by atoms with E-state index in [-0.39, 0.29) is 22.5 Å². The minimum atomic E-state index is -0.533.